The predicted molar refractivity (Wildman–Crippen MR) is 107 cm³/mol. The van der Waals surface area contributed by atoms with Crippen molar-refractivity contribution in [2.75, 3.05) is 0 Å². The number of hydrogen-bond donors (Lipinski definition) is 0. The summed E-state index contributed by atoms with van der Waals surface area (Å²) in [6, 6.07) is 30.5. The van der Waals surface area contributed by atoms with Crippen LogP contribution in [0.2, 0.25) is 0 Å². The van der Waals surface area contributed by atoms with Crippen molar-refractivity contribution in [2.24, 2.45) is 0 Å². The maximum Gasteiger partial charge on any atom is 0.213 e. The van der Waals surface area contributed by atoms with Gasteiger partial charge in [-0.05, 0) is 35.2 Å². The number of nitrogens with zero attached hydrogens (tertiary/aromatic N) is 1. The Morgan fingerprint density at radius 2 is 1.31 bits per heavy atom. The van der Waals surface area contributed by atoms with Crippen LogP contribution in [0.4, 0.5) is 0 Å². The Kier molecular flexibility index (Phi) is 3.46. The van der Waals surface area contributed by atoms with Crippen molar-refractivity contribution in [3.8, 4) is 33.5 Å². The zero-order valence-electron chi connectivity index (χ0n) is 14.8. The van der Waals surface area contributed by atoms with Crippen LogP contribution < -0.4 is 4.57 Å². The molecule has 0 amide bonds. The fraction of sp³-hybridized carbons (Fsp3) is 0.0800. The van der Waals surface area contributed by atoms with Gasteiger partial charge in [0.2, 0.25) is 5.69 Å². The molecule has 0 saturated carbocycles. The summed E-state index contributed by atoms with van der Waals surface area (Å²) in [5.41, 5.74) is 10.5. The molecule has 0 N–H and O–H groups in total. The van der Waals surface area contributed by atoms with E-state index >= 15 is 0 Å². The number of fused-ring (bicyclic) bond motifs is 3. The Balaban J connectivity index is 1.58. The fourth-order valence-electron chi connectivity index (χ4n) is 3.95. The zero-order valence-corrected chi connectivity index (χ0v) is 14.8. The summed E-state index contributed by atoms with van der Waals surface area (Å²) in [7, 11) is 0. The van der Waals surface area contributed by atoms with E-state index in [-0.39, 0.29) is 0 Å². The molecule has 4 aromatic rings. The van der Waals surface area contributed by atoms with Crippen molar-refractivity contribution in [1.82, 2.24) is 0 Å². The molecular formula is C25H20N+. The zero-order chi connectivity index (χ0) is 17.5. The van der Waals surface area contributed by atoms with E-state index < -0.39 is 0 Å². The van der Waals surface area contributed by atoms with Gasteiger partial charge < -0.3 is 0 Å². The second-order valence-corrected chi connectivity index (χ2v) is 6.98. The maximum atomic E-state index is 2.36. The smallest absolute Gasteiger partial charge is 0.194 e. The second kappa shape index (κ2) is 5.96. The fourth-order valence-corrected chi connectivity index (χ4v) is 3.95. The summed E-state index contributed by atoms with van der Waals surface area (Å²) in [6.45, 7) is 3.18. The molecule has 1 aliphatic heterocycles. The van der Waals surface area contributed by atoms with Gasteiger partial charge in [0, 0.05) is 17.2 Å². The average molecular weight is 334 g/mol. The monoisotopic (exact) mass is 334 g/mol. The van der Waals surface area contributed by atoms with Gasteiger partial charge >= 0.3 is 0 Å². The van der Waals surface area contributed by atoms with Crippen molar-refractivity contribution < 1.29 is 4.57 Å². The highest BCUT2D eigenvalue weighted by atomic mass is 15.0. The molecule has 0 spiro atoms. The first-order valence-corrected chi connectivity index (χ1v) is 9.08. The van der Waals surface area contributed by atoms with Crippen LogP contribution in [-0.2, 0) is 6.54 Å². The molecule has 0 atom stereocenters. The summed E-state index contributed by atoms with van der Waals surface area (Å²) < 4.78 is 2.36. The van der Waals surface area contributed by atoms with Crippen molar-refractivity contribution in [3.63, 3.8) is 0 Å². The van der Waals surface area contributed by atoms with Gasteiger partial charge in [0.25, 0.3) is 0 Å². The Labute approximate surface area is 154 Å². The van der Waals surface area contributed by atoms with Gasteiger partial charge in [-0.25, -0.2) is 0 Å². The van der Waals surface area contributed by atoms with Gasteiger partial charge in [0.05, 0.1) is 5.56 Å². The average Bonchev–Trinajstić information content (AvgIpc) is 3.05. The van der Waals surface area contributed by atoms with E-state index in [0.29, 0.717) is 0 Å². The van der Waals surface area contributed by atoms with Crippen LogP contribution in [0.1, 0.15) is 11.1 Å². The first-order valence-electron chi connectivity index (χ1n) is 9.08. The van der Waals surface area contributed by atoms with E-state index in [1.165, 1.54) is 44.6 Å². The third-order valence-corrected chi connectivity index (χ3v) is 5.30. The molecule has 5 rings (SSSR count). The maximum absolute atomic E-state index is 2.36. The van der Waals surface area contributed by atoms with Gasteiger partial charge in [-0.3, -0.25) is 0 Å². The molecule has 0 unspecified atom stereocenters. The van der Waals surface area contributed by atoms with Crippen LogP contribution in [0.15, 0.2) is 91.1 Å². The lowest BCUT2D eigenvalue weighted by Gasteiger charge is -2.08. The van der Waals surface area contributed by atoms with Crippen LogP contribution in [0.3, 0.4) is 0 Å². The number of aryl methyl sites for hydroxylation is 1. The number of benzene rings is 3. The highest BCUT2D eigenvalue weighted by molar-refractivity contribution is 5.75. The van der Waals surface area contributed by atoms with E-state index in [9.17, 15) is 0 Å². The molecule has 1 aliphatic rings. The first kappa shape index (κ1) is 15.1. The second-order valence-electron chi connectivity index (χ2n) is 6.98. The molecule has 3 aromatic carbocycles. The molecule has 0 aliphatic carbocycles. The minimum absolute atomic E-state index is 0.972. The number of aromatic nitrogens is 1. The SMILES string of the molecule is Cc1c[n+]2c(cc1-c1ccc(-c3ccccc3)cc1)-c1ccccc1C2. The van der Waals surface area contributed by atoms with E-state index in [1.54, 1.807) is 0 Å². The van der Waals surface area contributed by atoms with Gasteiger partial charge in [0.1, 0.15) is 0 Å². The van der Waals surface area contributed by atoms with Crippen LogP contribution in [-0.4, -0.2) is 0 Å². The summed E-state index contributed by atoms with van der Waals surface area (Å²) >= 11 is 0. The molecule has 26 heavy (non-hydrogen) atoms. The molecule has 0 bridgehead atoms. The lowest BCUT2D eigenvalue weighted by atomic mass is 9.97. The molecular weight excluding hydrogens is 314 g/mol. The van der Waals surface area contributed by atoms with Crippen LogP contribution >= 0.6 is 0 Å². The summed E-state index contributed by atoms with van der Waals surface area (Å²) in [6.07, 6.45) is 2.29. The lowest BCUT2D eigenvalue weighted by molar-refractivity contribution is -0.672. The Morgan fingerprint density at radius 3 is 2.12 bits per heavy atom. The Morgan fingerprint density at radius 1 is 0.654 bits per heavy atom. The van der Waals surface area contributed by atoms with E-state index in [1.807, 2.05) is 0 Å². The predicted octanol–water partition coefficient (Wildman–Crippen LogP) is 5.65. The topological polar surface area (TPSA) is 3.88 Å². The highest BCUT2D eigenvalue weighted by Crippen LogP contribution is 2.32. The summed E-state index contributed by atoms with van der Waals surface area (Å²) in [5.74, 6) is 0. The molecule has 2 heterocycles. The molecule has 124 valence electrons. The van der Waals surface area contributed by atoms with E-state index in [2.05, 4.69) is 103 Å². The van der Waals surface area contributed by atoms with Crippen LogP contribution in [0, 0.1) is 6.92 Å². The van der Waals surface area contributed by atoms with Crippen LogP contribution in [0.25, 0.3) is 33.5 Å². The van der Waals surface area contributed by atoms with Crippen molar-refractivity contribution in [1.29, 1.82) is 0 Å². The van der Waals surface area contributed by atoms with Crippen molar-refractivity contribution >= 4 is 0 Å². The molecule has 0 saturated heterocycles. The summed E-state index contributed by atoms with van der Waals surface area (Å²) in [4.78, 5) is 0. The molecule has 0 radical (unpaired) electrons. The Bertz CT molecular complexity index is 1090. The largest absolute Gasteiger partial charge is 0.213 e. The summed E-state index contributed by atoms with van der Waals surface area (Å²) in [5, 5.41) is 0. The third kappa shape index (κ3) is 2.44. The molecule has 1 nitrogen and oxygen atoms in total. The van der Waals surface area contributed by atoms with Crippen LogP contribution in [0.5, 0.6) is 0 Å². The lowest BCUT2D eigenvalue weighted by Crippen LogP contribution is -2.32. The number of rotatable bonds is 2. The van der Waals surface area contributed by atoms with E-state index in [4.69, 9.17) is 0 Å². The quantitative estimate of drug-likeness (QED) is 0.368. The molecule has 1 heteroatoms. The van der Waals surface area contributed by atoms with Crippen molar-refractivity contribution in [3.05, 3.63) is 102 Å². The van der Waals surface area contributed by atoms with Gasteiger partial charge in [-0.1, -0.05) is 72.8 Å². The number of pyridine rings is 1. The third-order valence-electron chi connectivity index (χ3n) is 5.30. The van der Waals surface area contributed by atoms with Crippen molar-refractivity contribution in [2.45, 2.75) is 13.5 Å². The minimum Gasteiger partial charge on any atom is -0.194 e. The first-order chi connectivity index (χ1) is 12.8. The molecule has 0 fully saturated rings. The normalized spacial score (nSPS) is 11.9. The van der Waals surface area contributed by atoms with Gasteiger partial charge in [-0.2, -0.15) is 4.57 Å². The van der Waals surface area contributed by atoms with Gasteiger partial charge in [0.15, 0.2) is 12.7 Å². The van der Waals surface area contributed by atoms with E-state index in [0.717, 1.165) is 6.54 Å². The minimum atomic E-state index is 0.972. The standard InChI is InChI=1S/C25H20N/c1-18-16-26-17-22-9-5-6-10-23(22)25(26)15-24(18)21-13-11-20(12-14-21)19-7-3-2-4-8-19/h2-16H,17H2,1H3/q+1. The highest BCUT2D eigenvalue weighted by Gasteiger charge is 2.26. The van der Waals surface area contributed by atoms with Gasteiger partial charge in [-0.15, -0.1) is 0 Å². The number of hydrogen-bond acceptors (Lipinski definition) is 0. The molecule has 1 aromatic heterocycles. The Hall–Kier alpha value is -3.19.